The van der Waals surface area contributed by atoms with Gasteiger partial charge in [0.05, 0.1) is 10.6 Å². The molecule has 0 spiro atoms. The Bertz CT molecular complexity index is 638. The molecular formula is C11H16N6O2S. The van der Waals surface area contributed by atoms with E-state index in [1.165, 1.54) is 23.1 Å². The highest BCUT2D eigenvalue weighted by molar-refractivity contribution is 7.89. The molecule has 2 N–H and O–H groups in total. The first-order chi connectivity index (χ1) is 9.53. The number of nitrogens with zero attached hydrogens (tertiary/aromatic N) is 4. The second-order valence-electron chi connectivity index (χ2n) is 4.29. The van der Waals surface area contributed by atoms with Crippen molar-refractivity contribution in [3.05, 3.63) is 30.6 Å². The number of rotatable bonds is 6. The van der Waals surface area contributed by atoms with Crippen LogP contribution < -0.4 is 10.0 Å². The summed E-state index contributed by atoms with van der Waals surface area (Å²) in [6.07, 6.45) is 1.44. The van der Waals surface area contributed by atoms with Crippen molar-refractivity contribution in [3.8, 4) is 5.69 Å². The zero-order chi connectivity index (χ0) is 14.6. The van der Waals surface area contributed by atoms with Gasteiger partial charge in [0, 0.05) is 12.6 Å². The number of benzene rings is 1. The average molecular weight is 296 g/mol. The molecule has 1 unspecified atom stereocenters. The van der Waals surface area contributed by atoms with E-state index in [9.17, 15) is 8.42 Å². The standard InChI is InChI=1S/C11H16N6O2S/c1-9(12-2)7-14-20(18,19)11-5-3-10(4-6-11)17-8-13-15-16-17/h3-6,8-9,12,14H,7H2,1-2H3. The molecule has 2 rings (SSSR count). The van der Waals surface area contributed by atoms with Gasteiger partial charge in [-0.3, -0.25) is 0 Å². The molecule has 2 aromatic rings. The van der Waals surface area contributed by atoms with E-state index < -0.39 is 10.0 Å². The molecule has 20 heavy (non-hydrogen) atoms. The summed E-state index contributed by atoms with van der Waals surface area (Å²) < 4.78 is 28.1. The fourth-order valence-corrected chi connectivity index (χ4v) is 2.61. The van der Waals surface area contributed by atoms with Crippen molar-refractivity contribution in [2.45, 2.75) is 17.9 Å². The highest BCUT2D eigenvalue weighted by Crippen LogP contribution is 2.12. The number of aromatic nitrogens is 4. The van der Waals surface area contributed by atoms with Crippen LogP contribution >= 0.6 is 0 Å². The summed E-state index contributed by atoms with van der Waals surface area (Å²) in [6.45, 7) is 2.22. The maximum absolute atomic E-state index is 12.1. The monoisotopic (exact) mass is 296 g/mol. The summed E-state index contributed by atoms with van der Waals surface area (Å²) in [6, 6.07) is 6.39. The van der Waals surface area contributed by atoms with Crippen LogP contribution in [0.15, 0.2) is 35.5 Å². The summed E-state index contributed by atoms with van der Waals surface area (Å²) >= 11 is 0. The molecule has 1 aromatic carbocycles. The molecular weight excluding hydrogens is 280 g/mol. The molecule has 9 heteroatoms. The Morgan fingerprint density at radius 2 is 2.00 bits per heavy atom. The number of hydrogen-bond acceptors (Lipinski definition) is 6. The SMILES string of the molecule is CNC(C)CNS(=O)(=O)c1ccc(-n2cnnn2)cc1. The first kappa shape index (κ1) is 14.6. The van der Waals surface area contributed by atoms with Gasteiger partial charge in [-0.1, -0.05) is 0 Å². The van der Waals surface area contributed by atoms with Gasteiger partial charge >= 0.3 is 0 Å². The second kappa shape index (κ2) is 6.07. The maximum atomic E-state index is 12.1. The van der Waals surface area contributed by atoms with Crippen molar-refractivity contribution in [1.82, 2.24) is 30.2 Å². The van der Waals surface area contributed by atoms with Crippen molar-refractivity contribution < 1.29 is 8.42 Å². The lowest BCUT2D eigenvalue weighted by molar-refractivity contribution is 0.554. The van der Waals surface area contributed by atoms with Crippen LogP contribution in [0.5, 0.6) is 0 Å². The van der Waals surface area contributed by atoms with Crippen LogP contribution in [0, 0.1) is 0 Å². The van der Waals surface area contributed by atoms with E-state index in [1.54, 1.807) is 19.2 Å². The van der Waals surface area contributed by atoms with E-state index in [0.717, 1.165) is 0 Å². The minimum Gasteiger partial charge on any atom is -0.316 e. The molecule has 1 atom stereocenters. The van der Waals surface area contributed by atoms with Crippen LogP contribution in [0.3, 0.4) is 0 Å². The molecule has 0 aliphatic carbocycles. The van der Waals surface area contributed by atoms with Gasteiger partial charge in [-0.05, 0) is 48.7 Å². The molecule has 1 heterocycles. The molecule has 0 bridgehead atoms. The fraction of sp³-hybridized carbons (Fsp3) is 0.364. The molecule has 0 saturated carbocycles. The van der Waals surface area contributed by atoms with Crippen LogP contribution in [-0.4, -0.2) is 48.3 Å². The zero-order valence-electron chi connectivity index (χ0n) is 11.2. The van der Waals surface area contributed by atoms with E-state index in [2.05, 4.69) is 25.6 Å². The first-order valence-corrected chi connectivity index (χ1v) is 7.51. The van der Waals surface area contributed by atoms with Crippen LogP contribution in [0.2, 0.25) is 0 Å². The number of likely N-dealkylation sites (N-methyl/N-ethyl adjacent to an activating group) is 1. The van der Waals surface area contributed by atoms with Gasteiger partial charge in [-0.25, -0.2) is 17.8 Å². The number of sulfonamides is 1. The molecule has 0 radical (unpaired) electrons. The third-order valence-corrected chi connectivity index (χ3v) is 4.27. The van der Waals surface area contributed by atoms with Crippen LogP contribution in [-0.2, 0) is 10.0 Å². The quantitative estimate of drug-likeness (QED) is 0.748. The Labute approximate surface area is 117 Å². The number of nitrogens with one attached hydrogen (secondary N) is 2. The predicted molar refractivity (Wildman–Crippen MR) is 72.9 cm³/mol. The molecule has 0 amide bonds. The third kappa shape index (κ3) is 3.38. The van der Waals surface area contributed by atoms with E-state index >= 15 is 0 Å². The first-order valence-electron chi connectivity index (χ1n) is 6.03. The van der Waals surface area contributed by atoms with Crippen molar-refractivity contribution in [2.75, 3.05) is 13.6 Å². The predicted octanol–water partition coefficient (Wildman–Crippen LogP) is -0.451. The molecule has 108 valence electrons. The Morgan fingerprint density at radius 3 is 2.55 bits per heavy atom. The molecule has 0 aliphatic heterocycles. The highest BCUT2D eigenvalue weighted by atomic mass is 32.2. The minimum atomic E-state index is -3.50. The van der Waals surface area contributed by atoms with Crippen LogP contribution in [0.25, 0.3) is 5.69 Å². The highest BCUT2D eigenvalue weighted by Gasteiger charge is 2.14. The Morgan fingerprint density at radius 1 is 1.30 bits per heavy atom. The number of hydrogen-bond donors (Lipinski definition) is 2. The van der Waals surface area contributed by atoms with Crippen molar-refractivity contribution in [3.63, 3.8) is 0 Å². The van der Waals surface area contributed by atoms with Crippen LogP contribution in [0.1, 0.15) is 6.92 Å². The topological polar surface area (TPSA) is 102 Å². The number of tetrazole rings is 1. The Hall–Kier alpha value is -1.84. The van der Waals surface area contributed by atoms with Gasteiger partial charge in [0.15, 0.2) is 0 Å². The van der Waals surface area contributed by atoms with Crippen LogP contribution in [0.4, 0.5) is 0 Å². The Kier molecular flexibility index (Phi) is 4.42. The third-order valence-electron chi connectivity index (χ3n) is 2.83. The van der Waals surface area contributed by atoms with E-state index in [-0.39, 0.29) is 10.9 Å². The van der Waals surface area contributed by atoms with Gasteiger partial charge in [0.25, 0.3) is 0 Å². The summed E-state index contributed by atoms with van der Waals surface area (Å²) in [5.41, 5.74) is 0.692. The minimum absolute atomic E-state index is 0.0604. The van der Waals surface area contributed by atoms with Crippen molar-refractivity contribution in [1.29, 1.82) is 0 Å². The summed E-state index contributed by atoms with van der Waals surface area (Å²) in [7, 11) is -1.72. The summed E-state index contributed by atoms with van der Waals surface area (Å²) in [5, 5.41) is 13.7. The lowest BCUT2D eigenvalue weighted by Crippen LogP contribution is -2.37. The van der Waals surface area contributed by atoms with Gasteiger partial charge in [-0.2, -0.15) is 0 Å². The molecule has 8 nitrogen and oxygen atoms in total. The zero-order valence-corrected chi connectivity index (χ0v) is 12.0. The van der Waals surface area contributed by atoms with Crippen molar-refractivity contribution >= 4 is 10.0 Å². The normalized spacial score (nSPS) is 13.3. The molecule has 1 aromatic heterocycles. The fourth-order valence-electron chi connectivity index (χ4n) is 1.48. The Balaban J connectivity index is 2.13. The molecule has 0 saturated heterocycles. The van der Waals surface area contributed by atoms with Gasteiger partial charge in [0.1, 0.15) is 6.33 Å². The summed E-state index contributed by atoms with van der Waals surface area (Å²) in [5.74, 6) is 0. The van der Waals surface area contributed by atoms with Crippen molar-refractivity contribution in [2.24, 2.45) is 0 Å². The van der Waals surface area contributed by atoms with E-state index in [4.69, 9.17) is 0 Å². The van der Waals surface area contributed by atoms with E-state index in [1.807, 2.05) is 6.92 Å². The second-order valence-corrected chi connectivity index (χ2v) is 6.06. The van der Waals surface area contributed by atoms with E-state index in [0.29, 0.717) is 12.2 Å². The maximum Gasteiger partial charge on any atom is 0.240 e. The average Bonchev–Trinajstić information content (AvgIpc) is 2.99. The lowest BCUT2D eigenvalue weighted by atomic mass is 10.3. The smallest absolute Gasteiger partial charge is 0.240 e. The molecule has 0 aliphatic rings. The largest absolute Gasteiger partial charge is 0.316 e. The lowest BCUT2D eigenvalue weighted by Gasteiger charge is -2.12. The van der Waals surface area contributed by atoms with Gasteiger partial charge in [0.2, 0.25) is 10.0 Å². The van der Waals surface area contributed by atoms with Gasteiger partial charge < -0.3 is 5.32 Å². The summed E-state index contributed by atoms with van der Waals surface area (Å²) in [4.78, 5) is 0.206. The van der Waals surface area contributed by atoms with Gasteiger partial charge in [-0.15, -0.1) is 5.10 Å². The molecule has 0 fully saturated rings.